The Kier molecular flexibility index (Phi) is 9.66. The molecule has 0 bridgehead atoms. The van der Waals surface area contributed by atoms with E-state index in [1.807, 2.05) is 19.2 Å². The van der Waals surface area contributed by atoms with Crippen LogP contribution < -0.4 is 10.1 Å². The van der Waals surface area contributed by atoms with Gasteiger partial charge in [0.05, 0.1) is 25.9 Å². The van der Waals surface area contributed by atoms with Crippen LogP contribution >= 0.6 is 0 Å². The molecule has 1 aromatic carbocycles. The summed E-state index contributed by atoms with van der Waals surface area (Å²) in [5.41, 5.74) is 1.24. The van der Waals surface area contributed by atoms with Crippen molar-refractivity contribution in [3.63, 3.8) is 0 Å². The van der Waals surface area contributed by atoms with E-state index in [-0.39, 0.29) is 25.0 Å². The minimum absolute atomic E-state index is 0.0645. The Bertz CT molecular complexity index is 565. The Balaban J connectivity index is 1.38. The van der Waals surface area contributed by atoms with Gasteiger partial charge in [0.25, 0.3) is 0 Å². The van der Waals surface area contributed by atoms with Crippen LogP contribution in [0.25, 0.3) is 0 Å². The first-order chi connectivity index (χ1) is 14.3. The topological polar surface area (TPSA) is 72.4 Å². The first kappa shape index (κ1) is 22.5. The van der Waals surface area contributed by atoms with Gasteiger partial charge in [0.2, 0.25) is 0 Å². The molecule has 2 unspecified atom stereocenters. The van der Waals surface area contributed by atoms with Gasteiger partial charge in [-0.2, -0.15) is 0 Å². The molecule has 7 heteroatoms. The fourth-order valence-electron chi connectivity index (χ4n) is 3.92. The van der Waals surface area contributed by atoms with E-state index >= 15 is 0 Å². The van der Waals surface area contributed by atoms with Crippen LogP contribution in [0.3, 0.4) is 0 Å². The number of nitrogens with one attached hydrogen (secondary N) is 1. The molecule has 2 heterocycles. The summed E-state index contributed by atoms with van der Waals surface area (Å²) in [4.78, 5) is 2.41. The molecule has 2 aliphatic heterocycles. The quantitative estimate of drug-likeness (QED) is 0.512. The molecule has 0 aromatic heterocycles. The Hall–Kier alpha value is -1.22. The zero-order valence-electron chi connectivity index (χ0n) is 17.6. The van der Waals surface area contributed by atoms with Gasteiger partial charge in [-0.1, -0.05) is 12.1 Å². The summed E-state index contributed by atoms with van der Waals surface area (Å²) in [5, 5.41) is 12.3. The highest BCUT2D eigenvalue weighted by Crippen LogP contribution is 2.21. The van der Waals surface area contributed by atoms with Gasteiger partial charge in [0, 0.05) is 32.3 Å². The van der Waals surface area contributed by atoms with Crippen molar-refractivity contribution in [2.24, 2.45) is 0 Å². The third-order valence-corrected chi connectivity index (χ3v) is 5.54. The number of aliphatic hydroxyl groups excluding tert-OH is 1. The second-order valence-corrected chi connectivity index (χ2v) is 7.69. The van der Waals surface area contributed by atoms with Crippen molar-refractivity contribution in [3.05, 3.63) is 29.8 Å². The first-order valence-electron chi connectivity index (χ1n) is 10.9. The molecule has 7 nitrogen and oxygen atoms in total. The maximum Gasteiger partial charge on any atom is 0.157 e. The van der Waals surface area contributed by atoms with Crippen molar-refractivity contribution in [2.45, 2.75) is 44.1 Å². The lowest BCUT2D eigenvalue weighted by molar-refractivity contribution is -0.165. The molecule has 2 N–H and O–H groups in total. The molecule has 3 rings (SSSR count). The van der Waals surface area contributed by atoms with E-state index in [0.717, 1.165) is 51.3 Å². The number of aliphatic hydroxyl groups is 1. The van der Waals surface area contributed by atoms with E-state index in [0.29, 0.717) is 19.8 Å². The van der Waals surface area contributed by atoms with E-state index < -0.39 is 0 Å². The highest BCUT2D eigenvalue weighted by Gasteiger charge is 2.25. The average molecular weight is 409 g/mol. The lowest BCUT2D eigenvalue weighted by atomic mass is 10.1. The fraction of sp³-hybridized carbons (Fsp3) is 0.727. The van der Waals surface area contributed by atoms with Gasteiger partial charge in [-0.3, -0.25) is 4.90 Å². The van der Waals surface area contributed by atoms with E-state index in [4.69, 9.17) is 24.1 Å². The van der Waals surface area contributed by atoms with E-state index in [9.17, 15) is 0 Å². The van der Waals surface area contributed by atoms with Crippen LogP contribution in [-0.4, -0.2) is 82.1 Å². The van der Waals surface area contributed by atoms with E-state index in [1.54, 1.807) is 0 Å². The van der Waals surface area contributed by atoms with E-state index in [1.165, 1.54) is 12.0 Å². The highest BCUT2D eigenvalue weighted by atomic mass is 16.7. The summed E-state index contributed by atoms with van der Waals surface area (Å²) in [6.45, 7) is 5.26. The van der Waals surface area contributed by atoms with Crippen molar-refractivity contribution in [3.8, 4) is 5.75 Å². The summed E-state index contributed by atoms with van der Waals surface area (Å²) < 4.78 is 22.7. The number of hydrogen-bond donors (Lipinski definition) is 2. The molecule has 0 aliphatic carbocycles. The largest absolute Gasteiger partial charge is 0.491 e. The van der Waals surface area contributed by atoms with Crippen LogP contribution in [0.1, 0.15) is 37.3 Å². The summed E-state index contributed by atoms with van der Waals surface area (Å²) in [6.07, 6.45) is 4.48. The molecule has 2 saturated heterocycles. The van der Waals surface area contributed by atoms with Gasteiger partial charge >= 0.3 is 0 Å². The Morgan fingerprint density at radius 1 is 1.14 bits per heavy atom. The van der Waals surface area contributed by atoms with Crippen molar-refractivity contribution >= 4 is 0 Å². The van der Waals surface area contributed by atoms with Gasteiger partial charge in [-0.05, 0) is 50.4 Å². The molecule has 2 aliphatic rings. The normalized spacial score (nSPS) is 23.9. The van der Waals surface area contributed by atoms with Crippen molar-refractivity contribution in [2.75, 3.05) is 59.7 Å². The third kappa shape index (κ3) is 7.51. The van der Waals surface area contributed by atoms with Crippen molar-refractivity contribution < 1.29 is 24.1 Å². The fourth-order valence-corrected chi connectivity index (χ4v) is 3.92. The number of likely N-dealkylation sites (tertiary alicyclic amines) is 1. The SMILES string of the molecule is CNC(CN1CC[C@H](OCCO)C1)c1ccc(OCCOC2CCCCO2)cc1. The first-order valence-corrected chi connectivity index (χ1v) is 10.9. The number of rotatable bonds is 12. The standard InChI is InChI=1S/C22H36N2O5/c1-23-21(17-24-10-9-20(16-24)26-13-11-25)18-5-7-19(8-6-18)27-14-15-29-22-4-2-3-12-28-22/h5-8,20-23,25H,2-4,9-17H2,1H3/t20-,21?,22?/m0/s1. The predicted molar refractivity (Wildman–Crippen MR) is 111 cm³/mol. The van der Waals surface area contributed by atoms with Crippen LogP contribution in [0, 0.1) is 0 Å². The molecule has 29 heavy (non-hydrogen) atoms. The second kappa shape index (κ2) is 12.5. The molecule has 0 saturated carbocycles. The monoisotopic (exact) mass is 408 g/mol. The van der Waals surface area contributed by atoms with Gasteiger partial charge in [-0.25, -0.2) is 0 Å². The zero-order valence-corrected chi connectivity index (χ0v) is 17.6. The van der Waals surface area contributed by atoms with Crippen LogP contribution in [0.15, 0.2) is 24.3 Å². The maximum atomic E-state index is 8.90. The maximum absolute atomic E-state index is 8.90. The highest BCUT2D eigenvalue weighted by molar-refractivity contribution is 5.29. The Labute approximate surface area is 174 Å². The molecule has 0 radical (unpaired) electrons. The summed E-state index contributed by atoms with van der Waals surface area (Å²) >= 11 is 0. The molecule has 0 spiro atoms. The van der Waals surface area contributed by atoms with Crippen LogP contribution in [-0.2, 0) is 14.2 Å². The summed E-state index contributed by atoms with van der Waals surface area (Å²) in [7, 11) is 2.00. The molecule has 3 atom stereocenters. The molecule has 164 valence electrons. The van der Waals surface area contributed by atoms with Crippen LogP contribution in [0.2, 0.25) is 0 Å². The van der Waals surface area contributed by atoms with Crippen LogP contribution in [0.4, 0.5) is 0 Å². The Morgan fingerprint density at radius 3 is 2.72 bits per heavy atom. The molecule has 2 fully saturated rings. The minimum Gasteiger partial charge on any atom is -0.491 e. The van der Waals surface area contributed by atoms with Gasteiger partial charge in [-0.15, -0.1) is 0 Å². The molecular formula is C22H36N2O5. The van der Waals surface area contributed by atoms with Gasteiger partial charge in [0.15, 0.2) is 6.29 Å². The number of hydrogen-bond acceptors (Lipinski definition) is 7. The number of likely N-dealkylation sites (N-methyl/N-ethyl adjacent to an activating group) is 1. The van der Waals surface area contributed by atoms with Crippen molar-refractivity contribution in [1.82, 2.24) is 10.2 Å². The second-order valence-electron chi connectivity index (χ2n) is 7.69. The summed E-state index contributed by atoms with van der Waals surface area (Å²) in [5.74, 6) is 0.857. The number of ether oxygens (including phenoxy) is 4. The van der Waals surface area contributed by atoms with Crippen molar-refractivity contribution in [1.29, 1.82) is 0 Å². The Morgan fingerprint density at radius 2 is 2.00 bits per heavy atom. The third-order valence-electron chi connectivity index (χ3n) is 5.54. The number of benzene rings is 1. The minimum atomic E-state index is -0.0645. The molecule has 0 amide bonds. The molecule has 1 aromatic rings. The van der Waals surface area contributed by atoms with Crippen LogP contribution in [0.5, 0.6) is 5.75 Å². The smallest absolute Gasteiger partial charge is 0.157 e. The molecular weight excluding hydrogens is 372 g/mol. The van der Waals surface area contributed by atoms with Gasteiger partial charge < -0.3 is 29.4 Å². The lowest BCUT2D eigenvalue weighted by Crippen LogP contribution is -2.33. The number of nitrogens with zero attached hydrogens (tertiary/aromatic N) is 1. The summed E-state index contributed by atoms with van der Waals surface area (Å²) in [6, 6.07) is 8.55. The average Bonchev–Trinajstić information content (AvgIpc) is 3.22. The zero-order chi connectivity index (χ0) is 20.3. The van der Waals surface area contributed by atoms with Gasteiger partial charge in [0.1, 0.15) is 12.4 Å². The predicted octanol–water partition coefficient (Wildman–Crippen LogP) is 1.95. The lowest BCUT2D eigenvalue weighted by Gasteiger charge is -2.24. The van der Waals surface area contributed by atoms with E-state index in [2.05, 4.69) is 22.3 Å².